The van der Waals surface area contributed by atoms with E-state index in [9.17, 15) is 13.2 Å². The summed E-state index contributed by atoms with van der Waals surface area (Å²) in [6.07, 6.45) is 4.18. The number of nitrogens with one attached hydrogen (secondary N) is 2. The van der Waals surface area contributed by atoms with E-state index in [0.29, 0.717) is 19.0 Å². The van der Waals surface area contributed by atoms with Gasteiger partial charge in [-0.25, -0.2) is 8.42 Å². The van der Waals surface area contributed by atoms with Gasteiger partial charge in [-0.1, -0.05) is 6.92 Å². The summed E-state index contributed by atoms with van der Waals surface area (Å²) in [6, 6.07) is -0.0191. The second-order valence-corrected chi connectivity index (χ2v) is 8.91. The molecule has 8 heteroatoms. The van der Waals surface area contributed by atoms with E-state index >= 15 is 0 Å². The molecule has 0 spiro atoms. The Morgan fingerprint density at radius 3 is 2.74 bits per heavy atom. The molecule has 0 bridgehead atoms. The number of hydrogen-bond donors (Lipinski definition) is 2. The monoisotopic (exact) mass is 367 g/mol. The molecule has 2 fully saturated rings. The molecule has 0 aromatic carbocycles. The molecule has 2 atom stereocenters. The maximum Gasteiger partial charge on any atom is 0.237 e. The van der Waals surface area contributed by atoms with Gasteiger partial charge >= 0.3 is 0 Å². The standard InChI is InChI=1S/C15H29N3O3S.ClH/c1-2-22(20,21)10-9-18-8-4-5-13(12-18)11-17-15(19)14-6-3-7-16-14;/h13-14,16H,2-12H2,1H3,(H,17,19);1H. The molecule has 1 amide bonds. The zero-order chi connectivity index (χ0) is 16.0. The third-order valence-corrected chi connectivity index (χ3v) is 6.39. The van der Waals surface area contributed by atoms with Crippen molar-refractivity contribution >= 4 is 28.2 Å². The Morgan fingerprint density at radius 1 is 1.30 bits per heavy atom. The molecule has 0 radical (unpaired) electrons. The van der Waals surface area contributed by atoms with Gasteiger partial charge in [0.1, 0.15) is 0 Å². The number of rotatable bonds is 7. The number of piperidine rings is 1. The molecular formula is C15H30ClN3O3S. The summed E-state index contributed by atoms with van der Waals surface area (Å²) in [4.78, 5) is 14.2. The number of halogens is 1. The van der Waals surface area contributed by atoms with Crippen LogP contribution in [-0.4, -0.2) is 69.5 Å². The highest BCUT2D eigenvalue weighted by molar-refractivity contribution is 7.91. The summed E-state index contributed by atoms with van der Waals surface area (Å²) in [7, 11) is -2.89. The Bertz CT molecular complexity index is 467. The van der Waals surface area contributed by atoms with Crippen LogP contribution in [0.5, 0.6) is 0 Å². The van der Waals surface area contributed by atoms with Gasteiger partial charge in [0.05, 0.1) is 11.8 Å². The fourth-order valence-electron chi connectivity index (χ4n) is 3.21. The number of likely N-dealkylation sites (tertiary alicyclic amines) is 1. The average Bonchev–Trinajstić information content (AvgIpc) is 3.06. The Balaban J connectivity index is 0.00000264. The average molecular weight is 368 g/mol. The highest BCUT2D eigenvalue weighted by Crippen LogP contribution is 2.16. The predicted octanol–water partition coefficient (Wildman–Crippen LogP) is 0.423. The van der Waals surface area contributed by atoms with Crippen molar-refractivity contribution in [3.8, 4) is 0 Å². The van der Waals surface area contributed by atoms with Crippen LogP contribution in [0.25, 0.3) is 0 Å². The Kier molecular flexibility index (Phi) is 8.82. The third kappa shape index (κ3) is 6.95. The minimum atomic E-state index is -2.89. The van der Waals surface area contributed by atoms with Gasteiger partial charge in [0, 0.05) is 25.4 Å². The van der Waals surface area contributed by atoms with Crippen molar-refractivity contribution in [3.63, 3.8) is 0 Å². The van der Waals surface area contributed by atoms with E-state index in [0.717, 1.165) is 45.3 Å². The van der Waals surface area contributed by atoms with Crippen molar-refractivity contribution < 1.29 is 13.2 Å². The molecule has 0 aromatic rings. The minimum Gasteiger partial charge on any atom is -0.354 e. The van der Waals surface area contributed by atoms with Crippen LogP contribution in [0, 0.1) is 5.92 Å². The normalized spacial score (nSPS) is 25.8. The Morgan fingerprint density at radius 2 is 2.09 bits per heavy atom. The summed E-state index contributed by atoms with van der Waals surface area (Å²) in [5.41, 5.74) is 0. The first-order valence-electron chi connectivity index (χ1n) is 8.44. The zero-order valence-corrected chi connectivity index (χ0v) is 15.6. The van der Waals surface area contributed by atoms with Crippen LogP contribution in [-0.2, 0) is 14.6 Å². The summed E-state index contributed by atoms with van der Waals surface area (Å²) in [5, 5.41) is 6.26. The third-order valence-electron chi connectivity index (χ3n) is 4.70. The maximum atomic E-state index is 12.0. The van der Waals surface area contributed by atoms with Crippen LogP contribution in [0.4, 0.5) is 0 Å². The van der Waals surface area contributed by atoms with Gasteiger partial charge in [0.15, 0.2) is 9.84 Å². The van der Waals surface area contributed by atoms with Crippen LogP contribution in [0.2, 0.25) is 0 Å². The lowest BCUT2D eigenvalue weighted by molar-refractivity contribution is -0.123. The van der Waals surface area contributed by atoms with Crippen LogP contribution in [0.15, 0.2) is 0 Å². The predicted molar refractivity (Wildman–Crippen MR) is 94.8 cm³/mol. The highest BCUT2D eigenvalue weighted by atomic mass is 35.5. The van der Waals surface area contributed by atoms with E-state index in [4.69, 9.17) is 0 Å². The van der Waals surface area contributed by atoms with E-state index < -0.39 is 9.84 Å². The lowest BCUT2D eigenvalue weighted by Crippen LogP contribution is -2.46. The quantitative estimate of drug-likeness (QED) is 0.682. The van der Waals surface area contributed by atoms with E-state index in [1.54, 1.807) is 6.92 Å². The first kappa shape index (κ1) is 20.7. The number of nitrogens with zero attached hydrogens (tertiary/aromatic N) is 1. The van der Waals surface area contributed by atoms with Crippen LogP contribution in [0.3, 0.4) is 0 Å². The molecule has 2 N–H and O–H groups in total. The molecule has 0 aliphatic carbocycles. The van der Waals surface area contributed by atoms with E-state index in [1.165, 1.54) is 0 Å². The number of hydrogen-bond acceptors (Lipinski definition) is 5. The largest absolute Gasteiger partial charge is 0.354 e. The van der Waals surface area contributed by atoms with Crippen molar-refractivity contribution in [1.82, 2.24) is 15.5 Å². The maximum absolute atomic E-state index is 12.0. The van der Waals surface area contributed by atoms with Gasteiger partial charge in [0.2, 0.25) is 5.91 Å². The van der Waals surface area contributed by atoms with Crippen molar-refractivity contribution in [2.75, 3.05) is 44.2 Å². The lowest BCUT2D eigenvalue weighted by atomic mass is 9.98. The van der Waals surface area contributed by atoms with Crippen molar-refractivity contribution in [1.29, 1.82) is 0 Å². The molecule has 2 heterocycles. The van der Waals surface area contributed by atoms with Crippen LogP contribution < -0.4 is 10.6 Å². The summed E-state index contributed by atoms with van der Waals surface area (Å²) < 4.78 is 23.2. The lowest BCUT2D eigenvalue weighted by Gasteiger charge is -2.32. The first-order chi connectivity index (χ1) is 10.5. The molecule has 23 heavy (non-hydrogen) atoms. The summed E-state index contributed by atoms with van der Waals surface area (Å²) >= 11 is 0. The topological polar surface area (TPSA) is 78.5 Å². The van der Waals surface area contributed by atoms with Crippen LogP contribution in [0.1, 0.15) is 32.6 Å². The van der Waals surface area contributed by atoms with Crippen molar-refractivity contribution in [2.45, 2.75) is 38.6 Å². The zero-order valence-electron chi connectivity index (χ0n) is 13.9. The molecule has 2 aliphatic rings. The minimum absolute atomic E-state index is 0. The molecule has 2 unspecified atom stereocenters. The van der Waals surface area contributed by atoms with Gasteiger partial charge < -0.3 is 15.5 Å². The van der Waals surface area contributed by atoms with Gasteiger partial charge in [-0.15, -0.1) is 12.4 Å². The number of amides is 1. The molecule has 136 valence electrons. The smallest absolute Gasteiger partial charge is 0.237 e. The van der Waals surface area contributed by atoms with Gasteiger partial charge in [-0.2, -0.15) is 0 Å². The molecule has 2 aliphatic heterocycles. The number of carbonyl (C=O) groups excluding carboxylic acids is 1. The van der Waals surface area contributed by atoms with Gasteiger partial charge in [0.25, 0.3) is 0 Å². The Labute approximate surface area is 146 Å². The second kappa shape index (κ2) is 9.81. The SMILES string of the molecule is CCS(=O)(=O)CCN1CCCC(CNC(=O)C2CCCN2)C1.Cl. The van der Waals surface area contributed by atoms with Gasteiger partial charge in [-0.05, 0) is 44.7 Å². The van der Waals surface area contributed by atoms with Crippen LogP contribution >= 0.6 is 12.4 Å². The van der Waals surface area contributed by atoms with Gasteiger partial charge in [-0.3, -0.25) is 4.79 Å². The summed E-state index contributed by atoms with van der Waals surface area (Å²) in [5.74, 6) is 1.01. The fourth-order valence-corrected chi connectivity index (χ4v) is 4.04. The molecule has 0 aromatic heterocycles. The second-order valence-electron chi connectivity index (χ2n) is 6.44. The van der Waals surface area contributed by atoms with E-state index in [-0.39, 0.29) is 35.9 Å². The first-order valence-corrected chi connectivity index (χ1v) is 10.3. The van der Waals surface area contributed by atoms with Crippen molar-refractivity contribution in [3.05, 3.63) is 0 Å². The number of carbonyl (C=O) groups is 1. The molecule has 2 rings (SSSR count). The van der Waals surface area contributed by atoms with E-state index in [1.807, 2.05) is 0 Å². The van der Waals surface area contributed by atoms with Crippen molar-refractivity contribution in [2.24, 2.45) is 5.92 Å². The van der Waals surface area contributed by atoms with E-state index in [2.05, 4.69) is 15.5 Å². The molecule has 2 saturated heterocycles. The molecular weight excluding hydrogens is 338 g/mol. The Hall–Kier alpha value is -0.370. The molecule has 0 saturated carbocycles. The highest BCUT2D eigenvalue weighted by Gasteiger charge is 2.25. The number of sulfone groups is 1. The summed E-state index contributed by atoms with van der Waals surface area (Å²) in [6.45, 7) is 5.80. The fraction of sp³-hybridized carbons (Fsp3) is 0.933. The molecule has 6 nitrogen and oxygen atoms in total.